The van der Waals surface area contributed by atoms with Gasteiger partial charge >= 0.3 is 0 Å². The van der Waals surface area contributed by atoms with Crippen molar-refractivity contribution in [2.45, 2.75) is 58.4 Å². The maximum atomic E-state index is 5.87. The summed E-state index contributed by atoms with van der Waals surface area (Å²) in [5, 5.41) is 0. The van der Waals surface area contributed by atoms with Crippen molar-refractivity contribution in [3.05, 3.63) is 0 Å². The Kier molecular flexibility index (Phi) is 6.26. The number of nitrogens with zero attached hydrogens (tertiary/aromatic N) is 1. The first-order valence-corrected chi connectivity index (χ1v) is 6.73. The van der Waals surface area contributed by atoms with E-state index >= 15 is 0 Å². The fourth-order valence-electron chi connectivity index (χ4n) is 2.74. The van der Waals surface area contributed by atoms with E-state index in [0.29, 0.717) is 6.04 Å². The fraction of sp³-hybridized carbons (Fsp3) is 1.00. The van der Waals surface area contributed by atoms with Gasteiger partial charge in [-0.25, -0.2) is 0 Å². The van der Waals surface area contributed by atoms with E-state index in [0.717, 1.165) is 12.5 Å². The Hall–Kier alpha value is -0.0800. The second kappa shape index (κ2) is 7.24. The van der Waals surface area contributed by atoms with E-state index in [-0.39, 0.29) is 0 Å². The lowest BCUT2D eigenvalue weighted by Gasteiger charge is -2.39. The third-order valence-corrected chi connectivity index (χ3v) is 3.77. The second-order valence-corrected chi connectivity index (χ2v) is 5.02. The Morgan fingerprint density at radius 3 is 2.73 bits per heavy atom. The third-order valence-electron chi connectivity index (χ3n) is 3.77. The highest BCUT2D eigenvalue weighted by Gasteiger charge is 2.26. The van der Waals surface area contributed by atoms with Gasteiger partial charge in [0.15, 0.2) is 0 Å². The molecule has 1 rings (SSSR count). The van der Waals surface area contributed by atoms with Gasteiger partial charge < -0.3 is 5.73 Å². The number of likely N-dealkylation sites (tertiary alicyclic amines) is 1. The molecule has 1 aliphatic heterocycles. The molecule has 1 heterocycles. The van der Waals surface area contributed by atoms with Crippen molar-refractivity contribution in [3.63, 3.8) is 0 Å². The average Bonchev–Trinajstić information content (AvgIpc) is 2.24. The number of piperidine rings is 1. The highest BCUT2D eigenvalue weighted by molar-refractivity contribution is 4.82. The molecule has 0 aromatic rings. The first-order valence-electron chi connectivity index (χ1n) is 6.73. The van der Waals surface area contributed by atoms with Crippen LogP contribution in [0, 0.1) is 5.92 Å². The van der Waals surface area contributed by atoms with Crippen molar-refractivity contribution in [1.29, 1.82) is 0 Å². The number of hydrogen-bond acceptors (Lipinski definition) is 2. The van der Waals surface area contributed by atoms with Crippen molar-refractivity contribution < 1.29 is 0 Å². The summed E-state index contributed by atoms with van der Waals surface area (Å²) >= 11 is 0. The van der Waals surface area contributed by atoms with Gasteiger partial charge in [0.2, 0.25) is 0 Å². The molecule has 0 amide bonds. The maximum absolute atomic E-state index is 5.87. The molecular formula is C13H28N2. The molecule has 0 spiro atoms. The van der Waals surface area contributed by atoms with Gasteiger partial charge in [-0.15, -0.1) is 0 Å². The van der Waals surface area contributed by atoms with E-state index in [9.17, 15) is 0 Å². The molecule has 90 valence electrons. The molecule has 2 N–H and O–H groups in total. The van der Waals surface area contributed by atoms with E-state index in [1.54, 1.807) is 0 Å². The molecule has 0 saturated carbocycles. The standard InChI is InChI=1S/C13H28N2/c1-3-4-5-6-9-15-10-7-8-12(2)13(15)11-14/h12-13H,3-11,14H2,1-2H3. The number of rotatable bonds is 6. The highest BCUT2D eigenvalue weighted by Crippen LogP contribution is 2.22. The summed E-state index contributed by atoms with van der Waals surface area (Å²) in [5.74, 6) is 0.801. The molecule has 0 aromatic heterocycles. The third kappa shape index (κ3) is 4.12. The summed E-state index contributed by atoms with van der Waals surface area (Å²) < 4.78 is 0. The number of nitrogens with two attached hydrogens (primary N) is 1. The van der Waals surface area contributed by atoms with Gasteiger partial charge in [-0.3, -0.25) is 4.90 Å². The minimum Gasteiger partial charge on any atom is -0.329 e. The molecule has 0 aromatic carbocycles. The van der Waals surface area contributed by atoms with Crippen LogP contribution in [0.2, 0.25) is 0 Å². The van der Waals surface area contributed by atoms with E-state index < -0.39 is 0 Å². The van der Waals surface area contributed by atoms with Gasteiger partial charge in [0, 0.05) is 12.6 Å². The Bertz CT molecular complexity index is 159. The minimum absolute atomic E-state index is 0.653. The Balaban J connectivity index is 2.25. The summed E-state index contributed by atoms with van der Waals surface area (Å²) in [7, 11) is 0. The molecule has 15 heavy (non-hydrogen) atoms. The second-order valence-electron chi connectivity index (χ2n) is 5.02. The van der Waals surface area contributed by atoms with Crippen LogP contribution in [0.5, 0.6) is 0 Å². The SMILES string of the molecule is CCCCCCN1CCCC(C)C1CN. The molecule has 0 bridgehead atoms. The van der Waals surface area contributed by atoms with E-state index in [2.05, 4.69) is 18.7 Å². The summed E-state index contributed by atoms with van der Waals surface area (Å²) in [4.78, 5) is 2.63. The van der Waals surface area contributed by atoms with Gasteiger partial charge in [-0.05, 0) is 38.3 Å². The van der Waals surface area contributed by atoms with Crippen LogP contribution in [0.25, 0.3) is 0 Å². The molecular weight excluding hydrogens is 184 g/mol. The lowest BCUT2D eigenvalue weighted by molar-refractivity contribution is 0.104. The largest absolute Gasteiger partial charge is 0.329 e. The molecule has 0 aliphatic carbocycles. The number of unbranched alkanes of at least 4 members (excludes halogenated alkanes) is 3. The summed E-state index contributed by atoms with van der Waals surface area (Å²) in [6.07, 6.45) is 8.20. The zero-order valence-electron chi connectivity index (χ0n) is 10.5. The van der Waals surface area contributed by atoms with Crippen LogP contribution in [0.3, 0.4) is 0 Å². The van der Waals surface area contributed by atoms with Gasteiger partial charge in [0.1, 0.15) is 0 Å². The van der Waals surface area contributed by atoms with Crippen molar-refractivity contribution in [2.24, 2.45) is 11.7 Å². The fourth-order valence-corrected chi connectivity index (χ4v) is 2.74. The van der Waals surface area contributed by atoms with Crippen LogP contribution >= 0.6 is 0 Å². The van der Waals surface area contributed by atoms with Crippen LogP contribution in [-0.4, -0.2) is 30.6 Å². The van der Waals surface area contributed by atoms with Crippen LogP contribution in [0.1, 0.15) is 52.4 Å². The van der Waals surface area contributed by atoms with E-state index in [1.807, 2.05) is 0 Å². The average molecular weight is 212 g/mol. The highest BCUT2D eigenvalue weighted by atomic mass is 15.2. The Morgan fingerprint density at radius 1 is 1.27 bits per heavy atom. The number of hydrogen-bond donors (Lipinski definition) is 1. The van der Waals surface area contributed by atoms with Crippen LogP contribution < -0.4 is 5.73 Å². The maximum Gasteiger partial charge on any atom is 0.0243 e. The predicted octanol–water partition coefficient (Wildman–Crippen LogP) is 2.63. The zero-order chi connectivity index (χ0) is 11.1. The quantitative estimate of drug-likeness (QED) is 0.686. The zero-order valence-corrected chi connectivity index (χ0v) is 10.5. The van der Waals surface area contributed by atoms with Gasteiger partial charge in [0.05, 0.1) is 0 Å². The molecule has 1 fully saturated rings. The van der Waals surface area contributed by atoms with Crippen LogP contribution in [0.4, 0.5) is 0 Å². The molecule has 2 atom stereocenters. The van der Waals surface area contributed by atoms with Crippen molar-refractivity contribution in [1.82, 2.24) is 4.90 Å². The van der Waals surface area contributed by atoms with Crippen molar-refractivity contribution >= 4 is 0 Å². The normalized spacial score (nSPS) is 28.2. The summed E-state index contributed by atoms with van der Waals surface area (Å²) in [6.45, 7) is 8.01. The first kappa shape index (κ1) is 13.0. The Labute approximate surface area is 95.2 Å². The molecule has 0 radical (unpaired) electrons. The monoisotopic (exact) mass is 212 g/mol. The minimum atomic E-state index is 0.653. The van der Waals surface area contributed by atoms with Gasteiger partial charge in [0.25, 0.3) is 0 Å². The van der Waals surface area contributed by atoms with Gasteiger partial charge in [-0.2, -0.15) is 0 Å². The summed E-state index contributed by atoms with van der Waals surface area (Å²) in [5.41, 5.74) is 5.87. The smallest absolute Gasteiger partial charge is 0.0243 e. The van der Waals surface area contributed by atoms with Crippen molar-refractivity contribution in [3.8, 4) is 0 Å². The topological polar surface area (TPSA) is 29.3 Å². The van der Waals surface area contributed by atoms with Crippen LogP contribution in [0.15, 0.2) is 0 Å². The van der Waals surface area contributed by atoms with E-state index in [1.165, 1.54) is 51.6 Å². The Morgan fingerprint density at radius 2 is 2.07 bits per heavy atom. The predicted molar refractivity (Wildman–Crippen MR) is 67.0 cm³/mol. The van der Waals surface area contributed by atoms with Gasteiger partial charge in [-0.1, -0.05) is 33.1 Å². The first-order chi connectivity index (χ1) is 7.29. The molecule has 2 nitrogen and oxygen atoms in total. The van der Waals surface area contributed by atoms with Crippen molar-refractivity contribution in [2.75, 3.05) is 19.6 Å². The summed E-state index contributed by atoms with van der Waals surface area (Å²) in [6, 6.07) is 0.653. The van der Waals surface area contributed by atoms with E-state index in [4.69, 9.17) is 5.73 Å². The lowest BCUT2D eigenvalue weighted by atomic mass is 9.90. The molecule has 2 heteroatoms. The lowest BCUT2D eigenvalue weighted by Crippen LogP contribution is -2.48. The molecule has 1 saturated heterocycles. The van der Waals surface area contributed by atoms with Crippen LogP contribution in [-0.2, 0) is 0 Å². The molecule has 1 aliphatic rings. The molecule has 2 unspecified atom stereocenters.